The van der Waals surface area contributed by atoms with Gasteiger partial charge < -0.3 is 35.3 Å². The molecular formula is C32H45N3O8. The number of carbonyl (C=O) groups excluding carboxylic acids is 4. The van der Waals surface area contributed by atoms with E-state index < -0.39 is 48.1 Å². The summed E-state index contributed by atoms with van der Waals surface area (Å²) in [6, 6.07) is 13.2. The molecule has 2 aromatic rings. The van der Waals surface area contributed by atoms with Gasteiger partial charge in [-0.25, -0.2) is 9.59 Å². The molecule has 2 aromatic carbocycles. The maximum absolute atomic E-state index is 13.3. The SMILES string of the molecule is CC[C@H](NC(=O)OCc1ccc(OC)cc1)[C@@H](O)C(=O)N[C@H](CC(C)C)C(=O)N[C@H](C(=O)OCc1ccccc1)C(C)C. The second kappa shape index (κ2) is 17.7. The molecule has 0 heterocycles. The fourth-order valence-corrected chi connectivity index (χ4v) is 4.18. The number of benzene rings is 2. The standard InChI is InChI=1S/C32H45N3O8/c1-7-25(34-32(40)43-19-23-13-15-24(41-6)16-14-23)28(36)30(38)33-26(17-20(2)3)29(37)35-27(21(4)5)31(39)42-18-22-11-9-8-10-12-22/h8-16,20-21,25-28,36H,7,17-19H2,1-6H3,(H,33,38)(H,34,40)(H,35,37)/t25-,26+,27-,28+/m0/s1. The van der Waals surface area contributed by atoms with Crippen LogP contribution < -0.4 is 20.7 Å². The van der Waals surface area contributed by atoms with E-state index in [1.54, 1.807) is 52.1 Å². The summed E-state index contributed by atoms with van der Waals surface area (Å²) in [7, 11) is 1.55. The molecule has 0 aliphatic heterocycles. The molecule has 3 amide bonds. The molecule has 43 heavy (non-hydrogen) atoms. The van der Waals surface area contributed by atoms with E-state index in [0.717, 1.165) is 11.1 Å². The minimum atomic E-state index is -1.65. The van der Waals surface area contributed by atoms with Crippen LogP contribution in [0, 0.1) is 11.8 Å². The van der Waals surface area contributed by atoms with Gasteiger partial charge in [0.05, 0.1) is 13.2 Å². The number of esters is 1. The first-order valence-corrected chi connectivity index (χ1v) is 14.5. The van der Waals surface area contributed by atoms with Gasteiger partial charge in [-0.1, -0.05) is 77.1 Å². The lowest BCUT2D eigenvalue weighted by molar-refractivity contribution is -0.150. The summed E-state index contributed by atoms with van der Waals surface area (Å²) in [6.07, 6.45) is -1.99. The molecular weight excluding hydrogens is 554 g/mol. The maximum atomic E-state index is 13.3. The quantitative estimate of drug-likeness (QED) is 0.214. The van der Waals surface area contributed by atoms with Crippen LogP contribution in [-0.4, -0.2) is 60.3 Å². The van der Waals surface area contributed by atoms with Crippen molar-refractivity contribution in [3.63, 3.8) is 0 Å². The highest BCUT2D eigenvalue weighted by molar-refractivity contribution is 5.92. The lowest BCUT2D eigenvalue weighted by Crippen LogP contribution is -2.57. The van der Waals surface area contributed by atoms with Crippen molar-refractivity contribution < 1.29 is 38.5 Å². The van der Waals surface area contributed by atoms with Crippen molar-refractivity contribution in [2.24, 2.45) is 11.8 Å². The zero-order valence-electron chi connectivity index (χ0n) is 25.8. The Morgan fingerprint density at radius 1 is 0.791 bits per heavy atom. The number of amides is 3. The van der Waals surface area contributed by atoms with Crippen LogP contribution in [0.4, 0.5) is 4.79 Å². The third kappa shape index (κ3) is 12.0. The lowest BCUT2D eigenvalue weighted by atomic mass is 9.99. The van der Waals surface area contributed by atoms with E-state index in [9.17, 15) is 24.3 Å². The number of aliphatic hydroxyl groups is 1. The molecule has 236 valence electrons. The summed E-state index contributed by atoms with van der Waals surface area (Å²) in [6.45, 7) is 9.05. The summed E-state index contributed by atoms with van der Waals surface area (Å²) >= 11 is 0. The first-order valence-electron chi connectivity index (χ1n) is 14.5. The molecule has 0 saturated carbocycles. The molecule has 0 fully saturated rings. The number of nitrogens with one attached hydrogen (secondary N) is 3. The van der Waals surface area contributed by atoms with E-state index in [4.69, 9.17) is 14.2 Å². The number of rotatable bonds is 16. The topological polar surface area (TPSA) is 152 Å². The summed E-state index contributed by atoms with van der Waals surface area (Å²) in [5, 5.41) is 18.6. The molecule has 0 aliphatic rings. The van der Waals surface area contributed by atoms with Crippen LogP contribution in [0.25, 0.3) is 0 Å². The molecule has 0 aliphatic carbocycles. The van der Waals surface area contributed by atoms with Crippen molar-refractivity contribution in [2.45, 2.75) is 84.9 Å². The van der Waals surface area contributed by atoms with Gasteiger partial charge >= 0.3 is 12.1 Å². The predicted octanol–water partition coefficient (Wildman–Crippen LogP) is 3.48. The van der Waals surface area contributed by atoms with E-state index in [2.05, 4.69) is 16.0 Å². The highest BCUT2D eigenvalue weighted by Gasteiger charge is 2.33. The van der Waals surface area contributed by atoms with Gasteiger partial charge in [0.25, 0.3) is 5.91 Å². The van der Waals surface area contributed by atoms with Gasteiger partial charge in [0, 0.05) is 0 Å². The van der Waals surface area contributed by atoms with Gasteiger partial charge in [-0.3, -0.25) is 9.59 Å². The third-order valence-electron chi connectivity index (χ3n) is 6.70. The summed E-state index contributed by atoms with van der Waals surface area (Å²) < 4.78 is 15.8. The summed E-state index contributed by atoms with van der Waals surface area (Å²) in [5.41, 5.74) is 1.54. The molecule has 0 aromatic heterocycles. The van der Waals surface area contributed by atoms with Crippen LogP contribution >= 0.6 is 0 Å². The number of hydrogen-bond donors (Lipinski definition) is 4. The number of alkyl carbamates (subject to hydrolysis) is 1. The van der Waals surface area contributed by atoms with Crippen molar-refractivity contribution in [1.82, 2.24) is 16.0 Å². The van der Waals surface area contributed by atoms with Crippen LogP contribution in [0.3, 0.4) is 0 Å². The number of hydrogen-bond acceptors (Lipinski definition) is 8. The van der Waals surface area contributed by atoms with Crippen LogP contribution in [0.2, 0.25) is 0 Å². The van der Waals surface area contributed by atoms with Gasteiger partial charge in [-0.2, -0.15) is 0 Å². The molecule has 0 saturated heterocycles. The predicted molar refractivity (Wildman–Crippen MR) is 161 cm³/mol. The summed E-state index contributed by atoms with van der Waals surface area (Å²) in [5.74, 6) is -1.62. The second-order valence-electron chi connectivity index (χ2n) is 11.0. The van der Waals surface area contributed by atoms with E-state index in [1.807, 2.05) is 44.2 Å². The van der Waals surface area contributed by atoms with Crippen molar-refractivity contribution in [3.05, 3.63) is 65.7 Å². The molecule has 2 rings (SSSR count). The van der Waals surface area contributed by atoms with Crippen molar-refractivity contribution in [3.8, 4) is 5.75 Å². The Bertz CT molecular complexity index is 1170. The Kier molecular flexibility index (Phi) is 14.5. The third-order valence-corrected chi connectivity index (χ3v) is 6.70. The zero-order chi connectivity index (χ0) is 31.9. The first kappa shape index (κ1) is 35.1. The van der Waals surface area contributed by atoms with Crippen molar-refractivity contribution >= 4 is 23.9 Å². The minimum absolute atomic E-state index is 0.00348. The monoisotopic (exact) mass is 599 g/mol. The fraction of sp³-hybridized carbons (Fsp3) is 0.500. The highest BCUT2D eigenvalue weighted by atomic mass is 16.5. The Morgan fingerprint density at radius 2 is 1.40 bits per heavy atom. The van der Waals surface area contributed by atoms with Crippen LogP contribution in [0.5, 0.6) is 5.75 Å². The molecule has 4 N–H and O–H groups in total. The van der Waals surface area contributed by atoms with E-state index in [0.29, 0.717) is 5.75 Å². The minimum Gasteiger partial charge on any atom is -0.497 e. The van der Waals surface area contributed by atoms with E-state index in [-0.39, 0.29) is 37.9 Å². The Labute approximate surface area is 253 Å². The Hall–Kier alpha value is -4.12. The normalized spacial score (nSPS) is 13.8. The highest BCUT2D eigenvalue weighted by Crippen LogP contribution is 2.13. The largest absolute Gasteiger partial charge is 0.497 e. The molecule has 4 atom stereocenters. The van der Waals surface area contributed by atoms with Gasteiger partial charge in [-0.05, 0) is 47.9 Å². The average molecular weight is 600 g/mol. The average Bonchev–Trinajstić information content (AvgIpc) is 2.99. The van der Waals surface area contributed by atoms with Crippen LogP contribution in [0.1, 0.15) is 58.6 Å². The van der Waals surface area contributed by atoms with Gasteiger partial charge in [0.2, 0.25) is 5.91 Å². The van der Waals surface area contributed by atoms with Crippen LogP contribution in [0.15, 0.2) is 54.6 Å². The second-order valence-corrected chi connectivity index (χ2v) is 11.0. The molecule has 11 heteroatoms. The molecule has 0 unspecified atom stereocenters. The van der Waals surface area contributed by atoms with Crippen molar-refractivity contribution in [1.29, 1.82) is 0 Å². The van der Waals surface area contributed by atoms with Gasteiger partial charge in [0.15, 0.2) is 6.10 Å². The fourth-order valence-electron chi connectivity index (χ4n) is 4.18. The number of methoxy groups -OCH3 is 1. The van der Waals surface area contributed by atoms with Gasteiger partial charge in [-0.15, -0.1) is 0 Å². The molecule has 0 spiro atoms. The zero-order valence-corrected chi connectivity index (χ0v) is 25.8. The number of carbonyl (C=O) groups is 4. The Balaban J connectivity index is 1.99. The molecule has 0 bridgehead atoms. The molecule has 0 radical (unpaired) electrons. The van der Waals surface area contributed by atoms with E-state index in [1.165, 1.54) is 0 Å². The Morgan fingerprint density at radius 3 is 1.95 bits per heavy atom. The summed E-state index contributed by atoms with van der Waals surface area (Å²) in [4.78, 5) is 51.6. The number of ether oxygens (including phenoxy) is 3. The van der Waals surface area contributed by atoms with Gasteiger partial charge in [0.1, 0.15) is 31.0 Å². The van der Waals surface area contributed by atoms with Crippen LogP contribution in [-0.2, 0) is 37.1 Å². The lowest BCUT2D eigenvalue weighted by Gasteiger charge is -2.27. The smallest absolute Gasteiger partial charge is 0.407 e. The number of aliphatic hydroxyl groups excluding tert-OH is 1. The van der Waals surface area contributed by atoms with E-state index >= 15 is 0 Å². The van der Waals surface area contributed by atoms with Crippen molar-refractivity contribution in [2.75, 3.05) is 7.11 Å². The molecule has 11 nitrogen and oxygen atoms in total. The first-order chi connectivity index (χ1) is 20.4. The maximum Gasteiger partial charge on any atom is 0.407 e.